The zero-order valence-electron chi connectivity index (χ0n) is 7.88. The smallest absolute Gasteiger partial charge is 0.0642 e. The van der Waals surface area contributed by atoms with Gasteiger partial charge in [-0.05, 0) is 32.3 Å². The summed E-state index contributed by atoms with van der Waals surface area (Å²) in [5, 5.41) is 17.4. The summed E-state index contributed by atoms with van der Waals surface area (Å²) in [6, 6.07) is 0. The fourth-order valence-corrected chi connectivity index (χ4v) is 0.921. The average molecular weight is 170 g/mol. The van der Waals surface area contributed by atoms with Gasteiger partial charge in [0.1, 0.15) is 0 Å². The predicted molar refractivity (Wildman–Crippen MR) is 50.9 cm³/mol. The molecule has 0 aromatic rings. The van der Waals surface area contributed by atoms with Crippen LogP contribution < -0.4 is 0 Å². The maximum absolute atomic E-state index is 8.82. The SMILES string of the molecule is CC(C)=CCC/C(=C/CO)CO. The molecule has 0 saturated heterocycles. The zero-order chi connectivity index (χ0) is 9.40. The van der Waals surface area contributed by atoms with Crippen molar-refractivity contribution in [3.05, 3.63) is 23.3 Å². The van der Waals surface area contributed by atoms with E-state index in [1.165, 1.54) is 5.57 Å². The summed E-state index contributed by atoms with van der Waals surface area (Å²) in [6.07, 6.45) is 5.57. The Morgan fingerprint density at radius 1 is 1.17 bits per heavy atom. The Balaban J connectivity index is 3.74. The summed E-state index contributed by atoms with van der Waals surface area (Å²) < 4.78 is 0. The second-order valence-corrected chi connectivity index (χ2v) is 3.02. The maximum atomic E-state index is 8.82. The minimum absolute atomic E-state index is 0.0186. The summed E-state index contributed by atoms with van der Waals surface area (Å²) in [5.74, 6) is 0. The van der Waals surface area contributed by atoms with E-state index in [0.29, 0.717) is 0 Å². The predicted octanol–water partition coefficient (Wildman–Crippen LogP) is 1.64. The second-order valence-electron chi connectivity index (χ2n) is 3.02. The van der Waals surface area contributed by atoms with Crippen molar-refractivity contribution in [3.63, 3.8) is 0 Å². The number of rotatable bonds is 5. The van der Waals surface area contributed by atoms with Crippen LogP contribution in [0, 0.1) is 0 Å². The standard InChI is InChI=1S/C10H18O2/c1-9(2)4-3-5-10(8-12)6-7-11/h4,6,11-12H,3,5,7-8H2,1-2H3/b10-6-. The van der Waals surface area contributed by atoms with Crippen molar-refractivity contribution in [3.8, 4) is 0 Å². The van der Waals surface area contributed by atoms with Gasteiger partial charge in [-0.3, -0.25) is 0 Å². The van der Waals surface area contributed by atoms with Crippen molar-refractivity contribution in [1.29, 1.82) is 0 Å². The molecule has 0 radical (unpaired) electrons. The fraction of sp³-hybridized carbons (Fsp3) is 0.600. The Morgan fingerprint density at radius 3 is 2.25 bits per heavy atom. The highest BCUT2D eigenvalue weighted by Crippen LogP contribution is 2.06. The van der Waals surface area contributed by atoms with Crippen LogP contribution in [0.1, 0.15) is 26.7 Å². The number of aliphatic hydroxyl groups is 2. The van der Waals surface area contributed by atoms with Crippen LogP contribution in [0.3, 0.4) is 0 Å². The molecule has 0 bridgehead atoms. The van der Waals surface area contributed by atoms with Gasteiger partial charge in [0.25, 0.3) is 0 Å². The van der Waals surface area contributed by atoms with Crippen LogP contribution in [-0.2, 0) is 0 Å². The third kappa shape index (κ3) is 6.13. The van der Waals surface area contributed by atoms with Crippen LogP contribution in [0.4, 0.5) is 0 Å². The number of hydrogen-bond donors (Lipinski definition) is 2. The van der Waals surface area contributed by atoms with Gasteiger partial charge in [-0.15, -0.1) is 0 Å². The first-order chi connectivity index (χ1) is 5.70. The molecule has 0 aromatic carbocycles. The lowest BCUT2D eigenvalue weighted by Gasteiger charge is -2.00. The quantitative estimate of drug-likeness (QED) is 0.616. The highest BCUT2D eigenvalue weighted by molar-refractivity contribution is 5.04. The van der Waals surface area contributed by atoms with Gasteiger partial charge >= 0.3 is 0 Å². The summed E-state index contributed by atoms with van der Waals surface area (Å²) in [5.41, 5.74) is 2.20. The Hall–Kier alpha value is -0.600. The molecular formula is C10H18O2. The van der Waals surface area contributed by atoms with Crippen molar-refractivity contribution in [1.82, 2.24) is 0 Å². The van der Waals surface area contributed by atoms with Gasteiger partial charge in [0, 0.05) is 0 Å². The first kappa shape index (κ1) is 11.4. The van der Waals surface area contributed by atoms with E-state index in [0.717, 1.165) is 18.4 Å². The fourth-order valence-electron chi connectivity index (χ4n) is 0.921. The number of aliphatic hydroxyl groups excluding tert-OH is 2. The molecule has 0 spiro atoms. The summed E-state index contributed by atoms with van der Waals surface area (Å²) in [7, 11) is 0. The second kappa shape index (κ2) is 7.07. The molecule has 0 atom stereocenters. The number of hydrogen-bond acceptors (Lipinski definition) is 2. The number of allylic oxidation sites excluding steroid dienone is 2. The lowest BCUT2D eigenvalue weighted by molar-refractivity contribution is 0.315. The van der Waals surface area contributed by atoms with E-state index >= 15 is 0 Å². The molecule has 12 heavy (non-hydrogen) atoms. The molecule has 0 fully saturated rings. The largest absolute Gasteiger partial charge is 0.392 e. The van der Waals surface area contributed by atoms with Crippen molar-refractivity contribution >= 4 is 0 Å². The van der Waals surface area contributed by atoms with Gasteiger partial charge in [-0.25, -0.2) is 0 Å². The molecule has 0 aliphatic carbocycles. The van der Waals surface area contributed by atoms with Gasteiger partial charge in [0.2, 0.25) is 0 Å². The topological polar surface area (TPSA) is 40.5 Å². The Morgan fingerprint density at radius 2 is 1.83 bits per heavy atom. The van der Waals surface area contributed by atoms with Crippen molar-refractivity contribution < 1.29 is 10.2 Å². The Labute approximate surface area is 74.2 Å². The molecular weight excluding hydrogens is 152 g/mol. The molecule has 0 amide bonds. The minimum atomic E-state index is 0.0186. The van der Waals surface area contributed by atoms with E-state index in [4.69, 9.17) is 10.2 Å². The molecule has 0 aliphatic heterocycles. The van der Waals surface area contributed by atoms with E-state index in [2.05, 4.69) is 6.08 Å². The first-order valence-electron chi connectivity index (χ1n) is 4.23. The summed E-state index contributed by atoms with van der Waals surface area (Å²) in [6.45, 7) is 4.17. The summed E-state index contributed by atoms with van der Waals surface area (Å²) >= 11 is 0. The lowest BCUT2D eigenvalue weighted by Crippen LogP contribution is -1.92. The average Bonchev–Trinajstić information content (AvgIpc) is 2.02. The van der Waals surface area contributed by atoms with Crippen LogP contribution in [0.15, 0.2) is 23.3 Å². The van der Waals surface area contributed by atoms with Gasteiger partial charge in [-0.2, -0.15) is 0 Å². The first-order valence-corrected chi connectivity index (χ1v) is 4.23. The van der Waals surface area contributed by atoms with E-state index in [1.54, 1.807) is 6.08 Å². The molecule has 0 aliphatic rings. The maximum Gasteiger partial charge on any atom is 0.0642 e. The molecule has 2 N–H and O–H groups in total. The van der Waals surface area contributed by atoms with E-state index in [-0.39, 0.29) is 13.2 Å². The highest BCUT2D eigenvalue weighted by atomic mass is 16.3. The van der Waals surface area contributed by atoms with Crippen molar-refractivity contribution in [2.24, 2.45) is 0 Å². The Bertz CT molecular complexity index is 165. The molecule has 2 heteroatoms. The Kier molecular flexibility index (Phi) is 6.72. The summed E-state index contributed by atoms with van der Waals surface area (Å²) in [4.78, 5) is 0. The minimum Gasteiger partial charge on any atom is -0.392 e. The van der Waals surface area contributed by atoms with Gasteiger partial charge in [-0.1, -0.05) is 17.7 Å². The third-order valence-corrected chi connectivity index (χ3v) is 1.60. The van der Waals surface area contributed by atoms with E-state index in [1.807, 2.05) is 13.8 Å². The van der Waals surface area contributed by atoms with E-state index in [9.17, 15) is 0 Å². The molecule has 0 rings (SSSR count). The van der Waals surface area contributed by atoms with E-state index < -0.39 is 0 Å². The van der Waals surface area contributed by atoms with Crippen LogP contribution in [0.5, 0.6) is 0 Å². The van der Waals surface area contributed by atoms with Crippen LogP contribution in [0.25, 0.3) is 0 Å². The molecule has 70 valence electrons. The van der Waals surface area contributed by atoms with Gasteiger partial charge in [0.05, 0.1) is 13.2 Å². The molecule has 0 saturated carbocycles. The monoisotopic (exact) mass is 170 g/mol. The van der Waals surface area contributed by atoms with Crippen molar-refractivity contribution in [2.45, 2.75) is 26.7 Å². The molecule has 0 unspecified atom stereocenters. The highest BCUT2D eigenvalue weighted by Gasteiger charge is 1.92. The van der Waals surface area contributed by atoms with Crippen LogP contribution in [0.2, 0.25) is 0 Å². The third-order valence-electron chi connectivity index (χ3n) is 1.60. The van der Waals surface area contributed by atoms with Crippen molar-refractivity contribution in [2.75, 3.05) is 13.2 Å². The lowest BCUT2D eigenvalue weighted by atomic mass is 10.1. The van der Waals surface area contributed by atoms with Gasteiger partial charge in [0.15, 0.2) is 0 Å². The molecule has 0 heterocycles. The zero-order valence-corrected chi connectivity index (χ0v) is 7.88. The van der Waals surface area contributed by atoms with Crippen LogP contribution >= 0.6 is 0 Å². The molecule has 0 aromatic heterocycles. The normalized spacial score (nSPS) is 11.5. The van der Waals surface area contributed by atoms with Crippen LogP contribution in [-0.4, -0.2) is 23.4 Å². The molecule has 2 nitrogen and oxygen atoms in total. The van der Waals surface area contributed by atoms with Gasteiger partial charge < -0.3 is 10.2 Å².